The standard InChI is InChI=1S/C15H19NO4S/c17-12(8-9-4-1-2-7-20-9)16-14-13(15(18)19)10-5-3-6-11(10)21-14/h9H,1-8H2,(H,16,17)(H,18,19). The molecule has 114 valence electrons. The molecule has 3 rings (SSSR count). The summed E-state index contributed by atoms with van der Waals surface area (Å²) in [6.07, 6.45) is 6.05. The van der Waals surface area contributed by atoms with Crippen LogP contribution >= 0.6 is 11.3 Å². The number of hydrogen-bond donors (Lipinski definition) is 2. The van der Waals surface area contributed by atoms with Gasteiger partial charge in [-0.1, -0.05) is 0 Å². The number of amides is 1. The molecule has 1 fully saturated rings. The number of rotatable bonds is 4. The lowest BCUT2D eigenvalue weighted by Gasteiger charge is -2.21. The first-order valence-electron chi connectivity index (χ1n) is 7.44. The molecule has 0 radical (unpaired) electrons. The Bertz CT molecular complexity index is 560. The molecule has 0 spiro atoms. The third kappa shape index (κ3) is 3.11. The minimum absolute atomic E-state index is 0.0289. The van der Waals surface area contributed by atoms with Crippen molar-refractivity contribution >= 4 is 28.2 Å². The summed E-state index contributed by atoms with van der Waals surface area (Å²) in [5, 5.41) is 12.7. The van der Waals surface area contributed by atoms with Crippen LogP contribution in [0.5, 0.6) is 0 Å². The van der Waals surface area contributed by atoms with E-state index in [0.29, 0.717) is 23.6 Å². The quantitative estimate of drug-likeness (QED) is 0.896. The smallest absolute Gasteiger partial charge is 0.339 e. The second-order valence-electron chi connectivity index (χ2n) is 5.61. The number of carboxylic acid groups (broad SMARTS) is 1. The van der Waals surface area contributed by atoms with E-state index in [0.717, 1.165) is 49.0 Å². The number of fused-ring (bicyclic) bond motifs is 1. The highest BCUT2D eigenvalue weighted by atomic mass is 32.1. The van der Waals surface area contributed by atoms with E-state index in [9.17, 15) is 14.7 Å². The molecular weight excluding hydrogens is 290 g/mol. The van der Waals surface area contributed by atoms with Crippen LogP contribution in [0.4, 0.5) is 5.00 Å². The zero-order valence-electron chi connectivity index (χ0n) is 11.8. The fraction of sp³-hybridized carbons (Fsp3) is 0.600. The number of carboxylic acids is 1. The van der Waals surface area contributed by atoms with E-state index in [1.807, 2.05) is 0 Å². The first-order valence-corrected chi connectivity index (χ1v) is 8.26. The molecule has 1 saturated heterocycles. The summed E-state index contributed by atoms with van der Waals surface area (Å²) in [5.41, 5.74) is 1.21. The van der Waals surface area contributed by atoms with Gasteiger partial charge in [-0.25, -0.2) is 4.79 Å². The molecule has 21 heavy (non-hydrogen) atoms. The van der Waals surface area contributed by atoms with Gasteiger partial charge in [-0.2, -0.15) is 0 Å². The molecular formula is C15H19NO4S. The van der Waals surface area contributed by atoms with Crippen molar-refractivity contribution in [2.24, 2.45) is 0 Å². The Morgan fingerprint density at radius 3 is 2.86 bits per heavy atom. The van der Waals surface area contributed by atoms with E-state index >= 15 is 0 Å². The monoisotopic (exact) mass is 309 g/mol. The SMILES string of the molecule is O=C(CC1CCCCO1)Nc1sc2c(c1C(=O)O)CCC2. The molecule has 1 aromatic rings. The number of nitrogens with one attached hydrogen (secondary N) is 1. The van der Waals surface area contributed by atoms with Gasteiger partial charge in [0.1, 0.15) is 5.00 Å². The molecule has 0 aromatic carbocycles. The Morgan fingerprint density at radius 1 is 1.29 bits per heavy atom. The predicted octanol–water partition coefficient (Wildman–Crippen LogP) is 2.83. The van der Waals surface area contributed by atoms with Crippen molar-refractivity contribution in [2.75, 3.05) is 11.9 Å². The number of aromatic carboxylic acids is 1. The number of thiophene rings is 1. The van der Waals surface area contributed by atoms with E-state index < -0.39 is 5.97 Å². The topological polar surface area (TPSA) is 75.6 Å². The van der Waals surface area contributed by atoms with Gasteiger partial charge in [0.2, 0.25) is 5.91 Å². The van der Waals surface area contributed by atoms with E-state index in [4.69, 9.17) is 4.74 Å². The molecule has 2 aliphatic rings. The Hall–Kier alpha value is -1.40. The van der Waals surface area contributed by atoms with Crippen LogP contribution in [0.3, 0.4) is 0 Å². The minimum Gasteiger partial charge on any atom is -0.478 e. The highest BCUT2D eigenvalue weighted by Gasteiger charge is 2.27. The number of anilines is 1. The lowest BCUT2D eigenvalue weighted by Crippen LogP contribution is -2.25. The van der Waals surface area contributed by atoms with Crippen molar-refractivity contribution in [3.8, 4) is 0 Å². The molecule has 1 amide bonds. The first-order chi connectivity index (χ1) is 10.1. The second-order valence-corrected chi connectivity index (χ2v) is 6.71. The van der Waals surface area contributed by atoms with Crippen molar-refractivity contribution in [2.45, 2.75) is 51.0 Å². The molecule has 1 atom stereocenters. The van der Waals surface area contributed by atoms with Gasteiger partial charge < -0.3 is 15.2 Å². The summed E-state index contributed by atoms with van der Waals surface area (Å²) in [6.45, 7) is 0.714. The number of aryl methyl sites for hydroxylation is 1. The van der Waals surface area contributed by atoms with Gasteiger partial charge in [-0.3, -0.25) is 4.79 Å². The molecule has 6 heteroatoms. The maximum absolute atomic E-state index is 12.1. The van der Waals surface area contributed by atoms with Crippen molar-refractivity contribution in [1.29, 1.82) is 0 Å². The zero-order chi connectivity index (χ0) is 14.8. The summed E-state index contributed by atoms with van der Waals surface area (Å²) in [4.78, 5) is 24.7. The predicted molar refractivity (Wildman–Crippen MR) is 80.1 cm³/mol. The molecule has 1 aliphatic heterocycles. The lowest BCUT2D eigenvalue weighted by atomic mass is 10.1. The van der Waals surface area contributed by atoms with Crippen LogP contribution in [0, 0.1) is 0 Å². The average molecular weight is 309 g/mol. The zero-order valence-corrected chi connectivity index (χ0v) is 12.6. The maximum atomic E-state index is 12.1. The van der Waals surface area contributed by atoms with Gasteiger partial charge in [-0.05, 0) is 44.1 Å². The molecule has 2 heterocycles. The molecule has 1 aromatic heterocycles. The van der Waals surface area contributed by atoms with E-state index in [-0.39, 0.29) is 12.0 Å². The van der Waals surface area contributed by atoms with Crippen molar-refractivity contribution in [3.05, 3.63) is 16.0 Å². The van der Waals surface area contributed by atoms with Gasteiger partial charge in [-0.15, -0.1) is 11.3 Å². The van der Waals surface area contributed by atoms with Gasteiger partial charge in [0.05, 0.1) is 18.1 Å². The number of ether oxygens (including phenoxy) is 1. The van der Waals surface area contributed by atoms with Gasteiger partial charge in [0.15, 0.2) is 0 Å². The number of hydrogen-bond acceptors (Lipinski definition) is 4. The summed E-state index contributed by atoms with van der Waals surface area (Å²) in [6, 6.07) is 0. The number of carbonyl (C=O) groups excluding carboxylic acids is 1. The van der Waals surface area contributed by atoms with Gasteiger partial charge in [0, 0.05) is 11.5 Å². The molecule has 0 saturated carbocycles. The third-order valence-corrected chi connectivity index (χ3v) is 5.28. The van der Waals surface area contributed by atoms with Crippen molar-refractivity contribution in [1.82, 2.24) is 0 Å². The van der Waals surface area contributed by atoms with Gasteiger partial charge >= 0.3 is 5.97 Å². The van der Waals surface area contributed by atoms with Crippen LogP contribution in [0.1, 0.15) is 52.9 Å². The highest BCUT2D eigenvalue weighted by molar-refractivity contribution is 7.17. The summed E-state index contributed by atoms with van der Waals surface area (Å²) in [7, 11) is 0. The van der Waals surface area contributed by atoms with Gasteiger partial charge in [0.25, 0.3) is 0 Å². The highest BCUT2D eigenvalue weighted by Crippen LogP contribution is 2.39. The Labute approximate surface area is 127 Å². The van der Waals surface area contributed by atoms with Crippen LogP contribution in [0.2, 0.25) is 0 Å². The minimum atomic E-state index is -0.946. The maximum Gasteiger partial charge on any atom is 0.339 e. The average Bonchev–Trinajstić information content (AvgIpc) is 2.99. The normalized spacial score (nSPS) is 21.0. The molecule has 1 aliphatic carbocycles. The van der Waals surface area contributed by atoms with Crippen molar-refractivity contribution < 1.29 is 19.4 Å². The van der Waals surface area contributed by atoms with Crippen LogP contribution in [-0.4, -0.2) is 29.7 Å². The molecule has 0 bridgehead atoms. The van der Waals surface area contributed by atoms with E-state index in [1.54, 1.807) is 0 Å². The lowest BCUT2D eigenvalue weighted by molar-refractivity contribution is -0.119. The van der Waals surface area contributed by atoms with Crippen LogP contribution in [0.25, 0.3) is 0 Å². The first kappa shape index (κ1) is 14.5. The van der Waals surface area contributed by atoms with Crippen LogP contribution in [0.15, 0.2) is 0 Å². The second kappa shape index (κ2) is 6.15. The summed E-state index contributed by atoms with van der Waals surface area (Å²) in [5.74, 6) is -1.09. The fourth-order valence-corrected chi connectivity index (χ4v) is 4.37. The summed E-state index contributed by atoms with van der Waals surface area (Å²) < 4.78 is 5.55. The van der Waals surface area contributed by atoms with E-state index in [1.165, 1.54) is 11.3 Å². The Morgan fingerprint density at radius 2 is 2.14 bits per heavy atom. The fourth-order valence-electron chi connectivity index (χ4n) is 3.07. The van der Waals surface area contributed by atoms with Crippen LogP contribution < -0.4 is 5.32 Å². The third-order valence-electron chi connectivity index (χ3n) is 4.08. The molecule has 2 N–H and O–H groups in total. The van der Waals surface area contributed by atoms with E-state index in [2.05, 4.69) is 5.32 Å². The molecule has 5 nitrogen and oxygen atoms in total. The van der Waals surface area contributed by atoms with Crippen molar-refractivity contribution in [3.63, 3.8) is 0 Å². The Kier molecular flexibility index (Phi) is 4.26. The Balaban J connectivity index is 1.69. The summed E-state index contributed by atoms with van der Waals surface area (Å²) >= 11 is 1.41. The molecule has 1 unspecified atom stereocenters. The largest absolute Gasteiger partial charge is 0.478 e. The van der Waals surface area contributed by atoms with Crippen LogP contribution in [-0.2, 0) is 22.4 Å². The number of carbonyl (C=O) groups is 2.